The molecule has 0 saturated carbocycles. The summed E-state index contributed by atoms with van der Waals surface area (Å²) in [6.07, 6.45) is 4.61. The Bertz CT molecular complexity index is 371. The molecule has 0 aliphatic carbocycles. The third kappa shape index (κ3) is 2.38. The molecule has 2 nitrogen and oxygen atoms in total. The second-order valence-corrected chi connectivity index (χ2v) is 4.12. The van der Waals surface area contributed by atoms with Crippen molar-refractivity contribution in [2.45, 2.75) is 38.7 Å². The van der Waals surface area contributed by atoms with Crippen molar-refractivity contribution in [3.05, 3.63) is 36.6 Å². The normalized spacial score (nSPS) is 18.6. The number of unbranched alkanes of at least 4 members (excludes halogenated alkanes) is 2. The van der Waals surface area contributed by atoms with E-state index in [0.29, 0.717) is 0 Å². The molecule has 2 rings (SSSR count). The van der Waals surface area contributed by atoms with Crippen LogP contribution >= 0.6 is 0 Å². The largest absolute Gasteiger partial charge is 0.479 e. The lowest BCUT2D eigenvalue weighted by Gasteiger charge is -2.27. The molecule has 0 N–H and O–H groups in total. The second kappa shape index (κ2) is 5.06. The van der Waals surface area contributed by atoms with Crippen LogP contribution in [0.1, 0.15) is 32.6 Å². The van der Waals surface area contributed by atoms with Gasteiger partial charge in [0.05, 0.1) is 0 Å². The molecule has 86 valence electrons. The Kier molecular flexibility index (Phi) is 3.50. The van der Waals surface area contributed by atoms with E-state index in [2.05, 4.69) is 13.5 Å². The first kappa shape index (κ1) is 11.1. The first-order valence-electron chi connectivity index (χ1n) is 5.93. The Balaban J connectivity index is 2.01. The molecule has 0 fully saturated rings. The summed E-state index contributed by atoms with van der Waals surface area (Å²) in [5.74, 6) is 2.34. The number of rotatable bonds is 4. The summed E-state index contributed by atoms with van der Waals surface area (Å²) >= 11 is 0. The lowest BCUT2D eigenvalue weighted by atomic mass is 10.1. The number of hydrogen-bond donors (Lipinski definition) is 0. The van der Waals surface area contributed by atoms with Gasteiger partial charge in [-0.1, -0.05) is 38.5 Å². The van der Waals surface area contributed by atoms with Crippen molar-refractivity contribution in [1.29, 1.82) is 0 Å². The summed E-state index contributed by atoms with van der Waals surface area (Å²) in [7, 11) is 0. The molecule has 1 aliphatic heterocycles. The highest BCUT2D eigenvalue weighted by molar-refractivity contribution is 5.43. The molecule has 0 saturated heterocycles. The number of para-hydroxylation sites is 2. The molecule has 0 spiro atoms. The van der Waals surface area contributed by atoms with Crippen molar-refractivity contribution in [3.8, 4) is 11.5 Å². The molecule has 16 heavy (non-hydrogen) atoms. The van der Waals surface area contributed by atoms with Gasteiger partial charge in [-0.2, -0.15) is 0 Å². The molecule has 0 aromatic heterocycles. The molecule has 1 atom stereocenters. The highest BCUT2D eigenvalue weighted by Crippen LogP contribution is 2.35. The second-order valence-electron chi connectivity index (χ2n) is 4.12. The minimum absolute atomic E-state index is 0.0152. The number of fused-ring (bicyclic) bond motifs is 1. The molecule has 0 bridgehead atoms. The van der Waals surface area contributed by atoms with Crippen LogP contribution in [-0.2, 0) is 0 Å². The topological polar surface area (TPSA) is 18.5 Å². The zero-order chi connectivity index (χ0) is 11.4. The van der Waals surface area contributed by atoms with Crippen molar-refractivity contribution in [3.63, 3.8) is 0 Å². The van der Waals surface area contributed by atoms with Crippen LogP contribution in [0.25, 0.3) is 0 Å². The predicted octanol–water partition coefficient (Wildman–Crippen LogP) is 3.92. The highest BCUT2D eigenvalue weighted by Gasteiger charge is 2.23. The number of hydrogen-bond acceptors (Lipinski definition) is 2. The average molecular weight is 218 g/mol. The summed E-state index contributed by atoms with van der Waals surface area (Å²) in [4.78, 5) is 0. The van der Waals surface area contributed by atoms with Gasteiger partial charge in [-0.15, -0.1) is 0 Å². The van der Waals surface area contributed by atoms with E-state index in [-0.39, 0.29) is 6.10 Å². The van der Waals surface area contributed by atoms with Crippen LogP contribution in [0.15, 0.2) is 36.6 Å². The van der Waals surface area contributed by atoms with E-state index in [4.69, 9.17) is 9.47 Å². The van der Waals surface area contributed by atoms with E-state index >= 15 is 0 Å². The van der Waals surface area contributed by atoms with Gasteiger partial charge in [0.25, 0.3) is 0 Å². The van der Waals surface area contributed by atoms with Crippen LogP contribution in [0.5, 0.6) is 11.5 Å². The Morgan fingerprint density at radius 1 is 1.19 bits per heavy atom. The minimum atomic E-state index is 0.0152. The fourth-order valence-electron chi connectivity index (χ4n) is 1.86. The van der Waals surface area contributed by atoms with Gasteiger partial charge in [-0.25, -0.2) is 0 Å². The summed E-state index contributed by atoms with van der Waals surface area (Å²) in [5.41, 5.74) is 0. The Hall–Kier alpha value is -1.44. The number of ether oxygens (including phenoxy) is 2. The van der Waals surface area contributed by atoms with Gasteiger partial charge >= 0.3 is 0 Å². The summed E-state index contributed by atoms with van der Waals surface area (Å²) in [6, 6.07) is 7.74. The quantitative estimate of drug-likeness (QED) is 0.713. The first-order valence-corrected chi connectivity index (χ1v) is 5.93. The van der Waals surface area contributed by atoms with E-state index in [9.17, 15) is 0 Å². The molecule has 1 aliphatic rings. The van der Waals surface area contributed by atoms with Crippen molar-refractivity contribution < 1.29 is 9.47 Å². The smallest absolute Gasteiger partial charge is 0.169 e. The van der Waals surface area contributed by atoms with Gasteiger partial charge in [0.2, 0.25) is 0 Å². The van der Waals surface area contributed by atoms with E-state index in [1.165, 1.54) is 12.8 Å². The third-order valence-electron chi connectivity index (χ3n) is 2.79. The molecule has 2 heteroatoms. The Labute approximate surface area is 96.9 Å². The van der Waals surface area contributed by atoms with Crippen LogP contribution < -0.4 is 9.47 Å². The standard InChI is InChI=1S/C14H18O2/c1-3-4-5-8-12-11(2)15-13-9-6-7-10-14(13)16-12/h6-7,9-10,12H,2-5,8H2,1H3. The van der Waals surface area contributed by atoms with Gasteiger partial charge in [0.15, 0.2) is 17.6 Å². The van der Waals surface area contributed by atoms with Crippen molar-refractivity contribution in [2.24, 2.45) is 0 Å². The van der Waals surface area contributed by atoms with E-state index in [1.54, 1.807) is 0 Å². The first-order chi connectivity index (χ1) is 7.81. The number of benzene rings is 1. The molecule has 1 aromatic carbocycles. The fourth-order valence-corrected chi connectivity index (χ4v) is 1.86. The van der Waals surface area contributed by atoms with E-state index in [1.807, 2.05) is 24.3 Å². The molecule has 1 heterocycles. The Morgan fingerprint density at radius 2 is 1.94 bits per heavy atom. The predicted molar refractivity (Wildman–Crippen MR) is 64.8 cm³/mol. The Morgan fingerprint density at radius 3 is 2.69 bits per heavy atom. The van der Waals surface area contributed by atoms with Gasteiger partial charge < -0.3 is 9.47 Å². The lowest BCUT2D eigenvalue weighted by molar-refractivity contribution is 0.138. The van der Waals surface area contributed by atoms with Crippen molar-refractivity contribution in [1.82, 2.24) is 0 Å². The van der Waals surface area contributed by atoms with Gasteiger partial charge in [-0.3, -0.25) is 0 Å². The fraction of sp³-hybridized carbons (Fsp3) is 0.429. The van der Waals surface area contributed by atoms with Crippen LogP contribution in [0.2, 0.25) is 0 Å². The maximum atomic E-state index is 5.87. The molecule has 0 radical (unpaired) electrons. The highest BCUT2D eigenvalue weighted by atomic mass is 16.6. The molecular formula is C14H18O2. The average Bonchev–Trinajstić information content (AvgIpc) is 2.30. The van der Waals surface area contributed by atoms with Crippen LogP contribution in [0.4, 0.5) is 0 Å². The summed E-state index contributed by atoms with van der Waals surface area (Å²) in [6.45, 7) is 6.12. The van der Waals surface area contributed by atoms with E-state index < -0.39 is 0 Å². The lowest BCUT2D eigenvalue weighted by Crippen LogP contribution is -2.26. The molecular weight excluding hydrogens is 200 g/mol. The third-order valence-corrected chi connectivity index (χ3v) is 2.79. The maximum Gasteiger partial charge on any atom is 0.169 e. The molecule has 1 aromatic rings. The van der Waals surface area contributed by atoms with Gasteiger partial charge in [0, 0.05) is 0 Å². The molecule has 0 amide bonds. The van der Waals surface area contributed by atoms with Crippen LogP contribution in [0, 0.1) is 0 Å². The minimum Gasteiger partial charge on any atom is -0.479 e. The zero-order valence-electron chi connectivity index (χ0n) is 9.74. The van der Waals surface area contributed by atoms with Crippen molar-refractivity contribution >= 4 is 0 Å². The monoisotopic (exact) mass is 218 g/mol. The SMILES string of the molecule is C=C1Oc2ccccc2OC1CCCCC. The van der Waals surface area contributed by atoms with Crippen molar-refractivity contribution in [2.75, 3.05) is 0 Å². The maximum absolute atomic E-state index is 5.87. The van der Waals surface area contributed by atoms with Gasteiger partial charge in [0.1, 0.15) is 5.76 Å². The summed E-state index contributed by atoms with van der Waals surface area (Å²) < 4.78 is 11.5. The summed E-state index contributed by atoms with van der Waals surface area (Å²) in [5, 5.41) is 0. The zero-order valence-corrected chi connectivity index (χ0v) is 9.74. The molecule has 1 unspecified atom stereocenters. The van der Waals surface area contributed by atoms with E-state index in [0.717, 1.165) is 30.1 Å². The van der Waals surface area contributed by atoms with Gasteiger partial charge in [-0.05, 0) is 25.0 Å². The van der Waals surface area contributed by atoms with Crippen LogP contribution in [0.3, 0.4) is 0 Å². The van der Waals surface area contributed by atoms with Crippen LogP contribution in [-0.4, -0.2) is 6.10 Å².